The van der Waals surface area contributed by atoms with Crippen molar-refractivity contribution in [2.24, 2.45) is 0 Å². The van der Waals surface area contributed by atoms with Gasteiger partial charge < -0.3 is 0 Å². The summed E-state index contributed by atoms with van der Waals surface area (Å²) in [4.78, 5) is 30.0. The van der Waals surface area contributed by atoms with Gasteiger partial charge in [-0.15, -0.1) is 0 Å². The first-order chi connectivity index (χ1) is 11.0. The molecular formula is C16H10Cl2N2O2S. The van der Waals surface area contributed by atoms with Gasteiger partial charge in [0, 0.05) is 12.4 Å². The van der Waals surface area contributed by atoms with E-state index in [1.54, 1.807) is 48.8 Å². The second kappa shape index (κ2) is 6.74. The zero-order valence-electron chi connectivity index (χ0n) is 11.7. The average molecular weight is 365 g/mol. The summed E-state index contributed by atoms with van der Waals surface area (Å²) < 4.78 is 0. The molecule has 1 aromatic heterocycles. The van der Waals surface area contributed by atoms with Crippen LogP contribution in [0.25, 0.3) is 6.08 Å². The molecule has 0 unspecified atom stereocenters. The fourth-order valence-corrected chi connectivity index (χ4v) is 3.23. The molecular weight excluding hydrogens is 355 g/mol. The predicted molar refractivity (Wildman–Crippen MR) is 92.2 cm³/mol. The molecule has 2 heterocycles. The fourth-order valence-electron chi connectivity index (χ4n) is 2.07. The minimum Gasteiger partial charge on any atom is -0.268 e. The highest BCUT2D eigenvalue weighted by Gasteiger charge is 2.35. The maximum Gasteiger partial charge on any atom is 0.293 e. The summed E-state index contributed by atoms with van der Waals surface area (Å²) in [7, 11) is 0. The second-order valence-electron chi connectivity index (χ2n) is 4.80. The lowest BCUT2D eigenvalue weighted by atomic mass is 10.2. The van der Waals surface area contributed by atoms with Crippen molar-refractivity contribution in [3.8, 4) is 0 Å². The van der Waals surface area contributed by atoms with Gasteiger partial charge in [-0.25, -0.2) is 0 Å². The largest absolute Gasteiger partial charge is 0.293 e. The van der Waals surface area contributed by atoms with Crippen LogP contribution >= 0.6 is 35.0 Å². The number of aromatic nitrogens is 1. The summed E-state index contributed by atoms with van der Waals surface area (Å²) in [5.74, 6) is -0.317. The molecule has 3 rings (SSSR count). The topological polar surface area (TPSA) is 50.3 Å². The van der Waals surface area contributed by atoms with E-state index < -0.39 is 0 Å². The van der Waals surface area contributed by atoms with Crippen LogP contribution in [0.2, 0.25) is 10.0 Å². The van der Waals surface area contributed by atoms with Gasteiger partial charge in [0.15, 0.2) is 0 Å². The summed E-state index contributed by atoms with van der Waals surface area (Å²) in [6, 6.07) is 8.58. The summed E-state index contributed by atoms with van der Waals surface area (Å²) in [5, 5.41) is 0.520. The Bertz CT molecular complexity index is 809. The van der Waals surface area contributed by atoms with Gasteiger partial charge >= 0.3 is 0 Å². The number of rotatable bonds is 3. The molecule has 0 atom stereocenters. The van der Waals surface area contributed by atoms with Crippen molar-refractivity contribution in [3.63, 3.8) is 0 Å². The molecule has 116 valence electrons. The van der Waals surface area contributed by atoms with Gasteiger partial charge in [0.05, 0.1) is 21.5 Å². The lowest BCUT2D eigenvalue weighted by Crippen LogP contribution is -2.27. The van der Waals surface area contributed by atoms with Crippen molar-refractivity contribution in [2.45, 2.75) is 6.54 Å². The van der Waals surface area contributed by atoms with Crippen LogP contribution in [0.1, 0.15) is 11.1 Å². The lowest BCUT2D eigenvalue weighted by molar-refractivity contribution is -0.123. The van der Waals surface area contributed by atoms with Gasteiger partial charge in [-0.3, -0.25) is 19.5 Å². The van der Waals surface area contributed by atoms with Crippen LogP contribution in [0.5, 0.6) is 0 Å². The third-order valence-corrected chi connectivity index (χ3v) is 4.85. The van der Waals surface area contributed by atoms with Gasteiger partial charge in [0.1, 0.15) is 0 Å². The first kappa shape index (κ1) is 16.1. The molecule has 23 heavy (non-hydrogen) atoms. The highest BCUT2D eigenvalue weighted by molar-refractivity contribution is 8.18. The number of hydrogen-bond donors (Lipinski definition) is 0. The molecule has 0 N–H and O–H groups in total. The van der Waals surface area contributed by atoms with Gasteiger partial charge in [0.25, 0.3) is 11.1 Å². The SMILES string of the molecule is O=C1S/C(=C\c2ccncc2)C(=O)N1Cc1ccc(Cl)c(Cl)c1. The third kappa shape index (κ3) is 3.58. The van der Waals surface area contributed by atoms with E-state index in [-0.39, 0.29) is 17.7 Å². The fraction of sp³-hybridized carbons (Fsp3) is 0.0625. The van der Waals surface area contributed by atoms with Crippen molar-refractivity contribution in [2.75, 3.05) is 0 Å². The van der Waals surface area contributed by atoms with Gasteiger partial charge in [-0.1, -0.05) is 29.3 Å². The quantitative estimate of drug-likeness (QED) is 0.745. The molecule has 4 nitrogen and oxygen atoms in total. The summed E-state index contributed by atoms with van der Waals surface area (Å²) in [6.45, 7) is 0.162. The number of thioether (sulfide) groups is 1. The number of pyridine rings is 1. The van der Waals surface area contributed by atoms with E-state index in [0.717, 1.165) is 22.9 Å². The predicted octanol–water partition coefficient (Wildman–Crippen LogP) is 4.62. The van der Waals surface area contributed by atoms with Gasteiger partial charge in [-0.2, -0.15) is 0 Å². The number of hydrogen-bond acceptors (Lipinski definition) is 4. The molecule has 0 saturated carbocycles. The zero-order valence-corrected chi connectivity index (χ0v) is 14.0. The summed E-state index contributed by atoms with van der Waals surface area (Å²) in [6.07, 6.45) is 4.94. The van der Waals surface area contributed by atoms with E-state index in [9.17, 15) is 9.59 Å². The van der Waals surface area contributed by atoms with E-state index in [1.807, 2.05) is 0 Å². The molecule has 0 radical (unpaired) electrons. The monoisotopic (exact) mass is 364 g/mol. The molecule has 1 fully saturated rings. The lowest BCUT2D eigenvalue weighted by Gasteiger charge is -2.12. The van der Waals surface area contributed by atoms with E-state index >= 15 is 0 Å². The van der Waals surface area contributed by atoms with Crippen LogP contribution in [0.15, 0.2) is 47.6 Å². The van der Waals surface area contributed by atoms with Crippen LogP contribution in [0.3, 0.4) is 0 Å². The molecule has 0 bridgehead atoms. The molecule has 1 aliphatic heterocycles. The number of nitrogens with zero attached hydrogens (tertiary/aromatic N) is 2. The third-order valence-electron chi connectivity index (χ3n) is 3.20. The Morgan fingerprint density at radius 1 is 1.09 bits per heavy atom. The Labute approximate surface area is 147 Å². The number of benzene rings is 1. The molecule has 7 heteroatoms. The second-order valence-corrected chi connectivity index (χ2v) is 6.60. The van der Waals surface area contributed by atoms with E-state index in [0.29, 0.717) is 15.0 Å². The zero-order chi connectivity index (χ0) is 16.4. The number of amides is 2. The maximum absolute atomic E-state index is 12.4. The highest BCUT2D eigenvalue weighted by Crippen LogP contribution is 2.33. The molecule has 2 amide bonds. The van der Waals surface area contributed by atoms with Crippen molar-refractivity contribution in [1.82, 2.24) is 9.88 Å². The van der Waals surface area contributed by atoms with Gasteiger partial charge in [-0.05, 0) is 53.2 Å². The van der Waals surface area contributed by atoms with Crippen molar-refractivity contribution in [3.05, 3.63) is 68.8 Å². The van der Waals surface area contributed by atoms with E-state index in [1.165, 1.54) is 4.90 Å². The number of carbonyl (C=O) groups excluding carboxylic acids is 2. The number of halogens is 2. The number of carbonyl (C=O) groups is 2. The minimum absolute atomic E-state index is 0.162. The molecule has 0 spiro atoms. The molecule has 1 aromatic carbocycles. The Balaban J connectivity index is 1.81. The Morgan fingerprint density at radius 3 is 2.52 bits per heavy atom. The summed E-state index contributed by atoms with van der Waals surface area (Å²) in [5.41, 5.74) is 1.56. The highest BCUT2D eigenvalue weighted by atomic mass is 35.5. The smallest absolute Gasteiger partial charge is 0.268 e. The Kier molecular flexibility index (Phi) is 4.71. The van der Waals surface area contributed by atoms with Crippen LogP contribution < -0.4 is 0 Å². The normalized spacial score (nSPS) is 16.4. The first-order valence-corrected chi connectivity index (χ1v) is 8.21. The van der Waals surface area contributed by atoms with Crippen LogP contribution in [0, 0.1) is 0 Å². The van der Waals surface area contributed by atoms with Crippen molar-refractivity contribution in [1.29, 1.82) is 0 Å². The van der Waals surface area contributed by atoms with E-state index in [4.69, 9.17) is 23.2 Å². The maximum atomic E-state index is 12.4. The molecule has 1 aliphatic rings. The van der Waals surface area contributed by atoms with Crippen LogP contribution in [-0.4, -0.2) is 21.0 Å². The van der Waals surface area contributed by atoms with E-state index in [2.05, 4.69) is 4.98 Å². The minimum atomic E-state index is -0.317. The Hall–Kier alpha value is -1.82. The van der Waals surface area contributed by atoms with Crippen LogP contribution in [0.4, 0.5) is 4.79 Å². The molecule has 0 aliphatic carbocycles. The number of imide groups is 1. The average Bonchev–Trinajstić information content (AvgIpc) is 2.79. The van der Waals surface area contributed by atoms with Crippen molar-refractivity contribution >= 4 is 52.2 Å². The summed E-state index contributed by atoms with van der Waals surface area (Å²) >= 11 is 12.8. The van der Waals surface area contributed by atoms with Crippen LogP contribution in [-0.2, 0) is 11.3 Å². The Morgan fingerprint density at radius 2 is 1.83 bits per heavy atom. The standard InChI is InChI=1S/C16H10Cl2N2O2S/c17-12-2-1-11(7-13(12)18)9-20-15(21)14(23-16(20)22)8-10-3-5-19-6-4-10/h1-8H,9H2/b14-8-. The van der Waals surface area contributed by atoms with Gasteiger partial charge in [0.2, 0.25) is 0 Å². The molecule has 1 saturated heterocycles. The first-order valence-electron chi connectivity index (χ1n) is 6.64. The van der Waals surface area contributed by atoms with Crippen molar-refractivity contribution < 1.29 is 9.59 Å². The molecule has 2 aromatic rings.